The van der Waals surface area contributed by atoms with Gasteiger partial charge in [-0.15, -0.1) is 0 Å². The van der Waals surface area contributed by atoms with E-state index < -0.39 is 24.3 Å². The molecule has 15 nitrogen and oxygen atoms in total. The Kier molecular flexibility index (Phi) is 12.3. The van der Waals surface area contributed by atoms with Gasteiger partial charge in [0.25, 0.3) is 0 Å². The molecule has 0 radical (unpaired) electrons. The van der Waals surface area contributed by atoms with E-state index >= 15 is 0 Å². The average Bonchev–Trinajstić information content (AvgIpc) is 4.12. The second kappa shape index (κ2) is 17.9. The number of hydrogen-bond donors (Lipinski definition) is 3. The molecule has 63 heavy (non-hydrogen) atoms. The summed E-state index contributed by atoms with van der Waals surface area (Å²) in [5.41, 5.74) is 7.69. The summed E-state index contributed by atoms with van der Waals surface area (Å²) in [4.78, 5) is 74.4. The van der Waals surface area contributed by atoms with Crippen LogP contribution in [-0.4, -0.2) is 104 Å². The Morgan fingerprint density at radius 3 is 2.10 bits per heavy atom. The van der Waals surface area contributed by atoms with Crippen molar-refractivity contribution in [3.05, 3.63) is 71.9 Å². The molecule has 3 N–H and O–H groups in total. The fourth-order valence-corrected chi connectivity index (χ4v) is 9.77. The molecular formula is C48H59N9O6. The molecule has 5 unspecified atom stereocenters. The van der Waals surface area contributed by atoms with Crippen molar-refractivity contribution in [2.24, 2.45) is 22.7 Å². The number of aromatic amines is 1. The maximum absolute atomic E-state index is 14.0. The molecule has 2 saturated heterocycles. The number of ether oxygens (including phenoxy) is 2. The molecular weight excluding hydrogens is 799 g/mol. The number of methoxy groups -OCH3 is 2. The van der Waals surface area contributed by atoms with Crippen LogP contribution in [-0.2, 0) is 19.1 Å². The minimum absolute atomic E-state index is 0.0987. The van der Waals surface area contributed by atoms with Gasteiger partial charge in [-0.25, -0.2) is 19.6 Å². The normalized spacial score (nSPS) is 20.1. The van der Waals surface area contributed by atoms with Crippen molar-refractivity contribution in [2.45, 2.75) is 104 Å². The van der Waals surface area contributed by atoms with Crippen molar-refractivity contribution in [1.82, 2.24) is 39.8 Å². The number of aliphatic imine (C=N–C) groups is 1. The summed E-state index contributed by atoms with van der Waals surface area (Å²) in [7, 11) is 2.60. The third-order valence-corrected chi connectivity index (χ3v) is 13.2. The summed E-state index contributed by atoms with van der Waals surface area (Å²) in [6.45, 7) is 13.1. The number of rotatable bonds is 11. The maximum Gasteiger partial charge on any atom is 0.407 e. The lowest BCUT2D eigenvalue weighted by molar-refractivity contribution is -0.135. The first-order chi connectivity index (χ1) is 30.3. The van der Waals surface area contributed by atoms with Crippen LogP contribution in [0.25, 0.3) is 44.3 Å². The number of nitrogens with one attached hydrogen (secondary N) is 3. The summed E-state index contributed by atoms with van der Waals surface area (Å²) in [6, 6.07) is 13.2. The lowest BCUT2D eigenvalue weighted by atomic mass is 9.87. The van der Waals surface area contributed by atoms with Crippen LogP contribution in [0.5, 0.6) is 0 Å². The van der Waals surface area contributed by atoms with Crippen LogP contribution in [0.4, 0.5) is 9.59 Å². The minimum Gasteiger partial charge on any atom is -0.453 e. The number of carbonyl (C=O) groups is 4. The monoisotopic (exact) mass is 857 g/mol. The van der Waals surface area contributed by atoms with Crippen molar-refractivity contribution in [3.63, 3.8) is 0 Å². The SMILES string of the molecule is CCC1CC=C(c2ccc3c(c2)nc(C)n2c4ccc(-c5cnc(C6CCCN6C(=O)C(NC(=O)OC)C(C)C)[nH]5)cc4cc32)N=C1C1CCCN1C(=O)C(NC(=O)OC)C(C)C. The molecule has 332 valence electrons. The fourth-order valence-electron chi connectivity index (χ4n) is 9.77. The van der Waals surface area contributed by atoms with Gasteiger partial charge in [0, 0.05) is 46.6 Å². The zero-order valence-electron chi connectivity index (χ0n) is 37.5. The highest BCUT2D eigenvalue weighted by Gasteiger charge is 2.41. The molecule has 15 heteroatoms. The lowest BCUT2D eigenvalue weighted by Crippen LogP contribution is -2.54. The highest BCUT2D eigenvalue weighted by atomic mass is 16.5. The predicted octanol–water partition coefficient (Wildman–Crippen LogP) is 7.97. The third-order valence-electron chi connectivity index (χ3n) is 13.2. The maximum atomic E-state index is 14.0. The Morgan fingerprint density at radius 1 is 0.825 bits per heavy atom. The highest BCUT2D eigenvalue weighted by Crippen LogP contribution is 2.37. The van der Waals surface area contributed by atoms with Gasteiger partial charge < -0.3 is 34.9 Å². The number of fused-ring (bicyclic) bond motifs is 5. The number of nitrogens with zero attached hydrogens (tertiary/aromatic N) is 6. The first kappa shape index (κ1) is 43.4. The quantitative estimate of drug-likeness (QED) is 0.120. The summed E-state index contributed by atoms with van der Waals surface area (Å²) in [5, 5.41) is 7.56. The Hall–Kier alpha value is -6.25. The van der Waals surface area contributed by atoms with Crippen LogP contribution in [0.15, 0.2) is 59.7 Å². The number of likely N-dealkylation sites (tertiary alicyclic amines) is 2. The molecule has 5 atom stereocenters. The highest BCUT2D eigenvalue weighted by molar-refractivity contribution is 6.04. The second-order valence-electron chi connectivity index (χ2n) is 17.8. The first-order valence-electron chi connectivity index (χ1n) is 22.3. The van der Waals surface area contributed by atoms with Gasteiger partial charge in [0.15, 0.2) is 0 Å². The van der Waals surface area contributed by atoms with Crippen molar-refractivity contribution in [2.75, 3.05) is 27.3 Å². The van der Waals surface area contributed by atoms with Gasteiger partial charge in [0.05, 0.1) is 60.4 Å². The Bertz CT molecular complexity index is 2640. The number of benzene rings is 2. The van der Waals surface area contributed by atoms with Gasteiger partial charge in [0.1, 0.15) is 23.7 Å². The van der Waals surface area contributed by atoms with Crippen molar-refractivity contribution in [1.29, 1.82) is 0 Å². The summed E-state index contributed by atoms with van der Waals surface area (Å²) >= 11 is 0. The molecule has 6 heterocycles. The van der Waals surface area contributed by atoms with E-state index in [4.69, 9.17) is 24.4 Å². The van der Waals surface area contributed by atoms with E-state index in [0.717, 1.165) is 106 Å². The molecule has 4 amide bonds. The number of amides is 4. The number of alkyl carbamates (subject to hydrolysis) is 2. The molecule has 3 aliphatic heterocycles. The molecule has 2 fully saturated rings. The molecule has 2 aromatic carbocycles. The summed E-state index contributed by atoms with van der Waals surface area (Å²) in [5.74, 6) is 1.33. The number of imidazole rings is 1. The molecule has 0 bridgehead atoms. The number of hydrogen-bond acceptors (Lipinski definition) is 9. The number of aryl methyl sites for hydroxylation is 1. The van der Waals surface area contributed by atoms with Crippen LogP contribution < -0.4 is 10.6 Å². The second-order valence-corrected chi connectivity index (χ2v) is 17.8. The standard InChI is InChI=1S/C48H59N9O6/c1-9-29-15-18-34(51-43(29)38-12-10-20-55(38)45(58)41(26(2)3)53-47(60)62-7)31-14-17-33-35(23-31)50-28(6)57-37-19-16-30(22-32(37)24-40(33)57)36-25-49-44(52-36)39-13-11-21-56(39)46(59)42(27(4)5)54-48(61)63-8/h14,16-19,22-27,29,38-39,41-42H,9-13,15,20-21H2,1-8H3,(H,49,52)(H,53,60)(H,54,61). The molecule has 5 aromatic rings. The van der Waals surface area contributed by atoms with E-state index in [-0.39, 0.29) is 41.7 Å². The number of allylic oxidation sites excluding steroid dienone is 1. The number of H-pyrrole nitrogens is 1. The zero-order chi connectivity index (χ0) is 44.7. The van der Waals surface area contributed by atoms with Crippen LogP contribution in [0.3, 0.4) is 0 Å². The van der Waals surface area contributed by atoms with Crippen LogP contribution in [0.1, 0.15) is 96.4 Å². The van der Waals surface area contributed by atoms with Gasteiger partial charge in [0.2, 0.25) is 11.8 Å². The lowest BCUT2D eigenvalue weighted by Gasteiger charge is -2.34. The van der Waals surface area contributed by atoms with E-state index in [1.807, 2.05) is 50.6 Å². The van der Waals surface area contributed by atoms with Crippen LogP contribution in [0, 0.1) is 24.7 Å². The first-order valence-corrected chi connectivity index (χ1v) is 22.3. The van der Waals surface area contributed by atoms with Crippen molar-refractivity contribution >= 4 is 62.7 Å². The Labute approximate surface area is 367 Å². The van der Waals surface area contributed by atoms with E-state index in [9.17, 15) is 19.2 Å². The Balaban J connectivity index is 1.06. The predicted molar refractivity (Wildman–Crippen MR) is 243 cm³/mol. The number of carbonyl (C=O) groups excluding carboxylic acids is 4. The van der Waals surface area contributed by atoms with Crippen LogP contribution >= 0.6 is 0 Å². The van der Waals surface area contributed by atoms with Crippen LogP contribution in [0.2, 0.25) is 0 Å². The molecule has 0 spiro atoms. The van der Waals surface area contributed by atoms with E-state index in [0.29, 0.717) is 13.1 Å². The van der Waals surface area contributed by atoms with E-state index in [1.54, 1.807) is 0 Å². The van der Waals surface area contributed by atoms with E-state index in [1.165, 1.54) is 14.2 Å². The van der Waals surface area contributed by atoms with Gasteiger partial charge in [-0.3, -0.25) is 19.0 Å². The Morgan fingerprint density at radius 2 is 1.46 bits per heavy atom. The van der Waals surface area contributed by atoms with Gasteiger partial charge in [-0.2, -0.15) is 0 Å². The van der Waals surface area contributed by atoms with Gasteiger partial charge in [-0.1, -0.05) is 58.9 Å². The third kappa shape index (κ3) is 8.25. The van der Waals surface area contributed by atoms with E-state index in [2.05, 4.69) is 75.5 Å². The molecule has 8 rings (SSSR count). The summed E-state index contributed by atoms with van der Waals surface area (Å²) < 4.78 is 11.8. The van der Waals surface area contributed by atoms with Crippen molar-refractivity contribution < 1.29 is 28.7 Å². The largest absolute Gasteiger partial charge is 0.453 e. The average molecular weight is 858 g/mol. The van der Waals surface area contributed by atoms with Crippen molar-refractivity contribution in [3.8, 4) is 11.3 Å². The minimum atomic E-state index is -0.701. The molecule has 3 aromatic heterocycles. The molecule has 3 aliphatic rings. The number of aromatic nitrogens is 4. The summed E-state index contributed by atoms with van der Waals surface area (Å²) in [6.07, 6.45) is 7.85. The smallest absolute Gasteiger partial charge is 0.407 e. The molecule has 0 aliphatic carbocycles. The zero-order valence-corrected chi connectivity index (χ0v) is 37.5. The van der Waals surface area contributed by atoms with Gasteiger partial charge >= 0.3 is 12.2 Å². The molecule has 0 saturated carbocycles. The van der Waals surface area contributed by atoms with Gasteiger partial charge in [-0.05, 0) is 81.5 Å². The topological polar surface area (TPSA) is 176 Å². The fraction of sp³-hybridized carbons (Fsp3) is 0.479.